The number of primary amides is 1. The van der Waals surface area contributed by atoms with Crippen LogP contribution in [0.1, 0.15) is 25.0 Å². The minimum absolute atomic E-state index is 0.366. The molecule has 1 aromatic carbocycles. The second kappa shape index (κ2) is 4.45. The molecule has 0 aliphatic rings. The van der Waals surface area contributed by atoms with Crippen molar-refractivity contribution in [3.63, 3.8) is 0 Å². The van der Waals surface area contributed by atoms with Crippen LogP contribution < -0.4 is 11.1 Å². The summed E-state index contributed by atoms with van der Waals surface area (Å²) in [6.07, 6.45) is 0.993. The first-order valence-corrected chi connectivity index (χ1v) is 5.12. The first-order chi connectivity index (χ1) is 7.04. The predicted octanol–water partition coefficient (Wildman–Crippen LogP) is 1.17. The van der Waals surface area contributed by atoms with Crippen molar-refractivity contribution in [1.82, 2.24) is 5.32 Å². The van der Waals surface area contributed by atoms with Gasteiger partial charge in [-0.3, -0.25) is 4.79 Å². The Morgan fingerprint density at radius 3 is 2.27 bits per heavy atom. The van der Waals surface area contributed by atoms with E-state index in [1.54, 1.807) is 14.0 Å². The Labute approximate surface area is 90.7 Å². The standard InChI is InChI=1S/C12H18N2O/c1-4-9-5-7-10(8-6-9)12(2,14-3)11(13)15/h5-8,14H,4H2,1-3H3,(H2,13,15). The van der Waals surface area contributed by atoms with Crippen LogP contribution in [0.3, 0.4) is 0 Å². The van der Waals surface area contributed by atoms with Gasteiger partial charge in [0.15, 0.2) is 0 Å². The van der Waals surface area contributed by atoms with Crippen molar-refractivity contribution >= 4 is 5.91 Å². The Kier molecular flexibility index (Phi) is 3.48. The van der Waals surface area contributed by atoms with Crippen molar-refractivity contribution in [1.29, 1.82) is 0 Å². The Bertz CT molecular complexity index is 345. The van der Waals surface area contributed by atoms with Gasteiger partial charge < -0.3 is 11.1 Å². The molecule has 0 bridgehead atoms. The smallest absolute Gasteiger partial charge is 0.242 e. The molecule has 0 aliphatic carbocycles. The van der Waals surface area contributed by atoms with E-state index >= 15 is 0 Å². The van der Waals surface area contributed by atoms with E-state index in [1.807, 2.05) is 24.3 Å². The van der Waals surface area contributed by atoms with Gasteiger partial charge in [0.25, 0.3) is 0 Å². The Hall–Kier alpha value is -1.35. The molecule has 1 amide bonds. The zero-order chi connectivity index (χ0) is 11.5. The average Bonchev–Trinajstić information content (AvgIpc) is 2.28. The maximum Gasteiger partial charge on any atom is 0.242 e. The van der Waals surface area contributed by atoms with Gasteiger partial charge >= 0.3 is 0 Å². The first-order valence-electron chi connectivity index (χ1n) is 5.12. The molecule has 1 aromatic rings. The third-order valence-corrected chi connectivity index (χ3v) is 2.93. The van der Waals surface area contributed by atoms with E-state index in [0.717, 1.165) is 12.0 Å². The van der Waals surface area contributed by atoms with E-state index in [1.165, 1.54) is 5.56 Å². The fraction of sp³-hybridized carbons (Fsp3) is 0.417. The van der Waals surface area contributed by atoms with E-state index in [9.17, 15) is 4.79 Å². The summed E-state index contributed by atoms with van der Waals surface area (Å²) in [5.41, 5.74) is 6.75. The van der Waals surface area contributed by atoms with Gasteiger partial charge in [0.05, 0.1) is 0 Å². The highest BCUT2D eigenvalue weighted by Crippen LogP contribution is 2.20. The van der Waals surface area contributed by atoms with Gasteiger partial charge in [0.1, 0.15) is 5.54 Å². The lowest BCUT2D eigenvalue weighted by atomic mass is 9.90. The van der Waals surface area contributed by atoms with Crippen LogP contribution in [0.4, 0.5) is 0 Å². The number of nitrogens with two attached hydrogens (primary N) is 1. The average molecular weight is 206 g/mol. The molecule has 0 saturated carbocycles. The second-order valence-electron chi connectivity index (χ2n) is 3.79. The zero-order valence-corrected chi connectivity index (χ0v) is 9.50. The fourth-order valence-corrected chi connectivity index (χ4v) is 1.48. The Balaban J connectivity index is 3.08. The summed E-state index contributed by atoms with van der Waals surface area (Å²) in [6.45, 7) is 3.89. The molecule has 0 radical (unpaired) electrons. The summed E-state index contributed by atoms with van der Waals surface area (Å²) in [6, 6.07) is 7.93. The maximum absolute atomic E-state index is 11.4. The lowest BCUT2D eigenvalue weighted by Crippen LogP contribution is -2.48. The van der Waals surface area contributed by atoms with Gasteiger partial charge in [-0.15, -0.1) is 0 Å². The van der Waals surface area contributed by atoms with Gasteiger partial charge in [-0.1, -0.05) is 31.2 Å². The highest BCUT2D eigenvalue weighted by molar-refractivity contribution is 5.85. The third-order valence-electron chi connectivity index (χ3n) is 2.93. The Morgan fingerprint density at radius 2 is 1.93 bits per heavy atom. The number of rotatable bonds is 4. The summed E-state index contributed by atoms with van der Waals surface area (Å²) >= 11 is 0. The fourth-order valence-electron chi connectivity index (χ4n) is 1.48. The molecule has 3 heteroatoms. The summed E-state index contributed by atoms with van der Waals surface area (Å²) < 4.78 is 0. The number of carbonyl (C=O) groups excluding carboxylic acids is 1. The summed E-state index contributed by atoms with van der Waals surface area (Å²) in [4.78, 5) is 11.4. The SMILES string of the molecule is CCc1ccc(C(C)(NC)C(N)=O)cc1. The van der Waals surface area contributed by atoms with E-state index in [2.05, 4.69) is 12.2 Å². The van der Waals surface area contributed by atoms with Crippen LogP contribution in [-0.2, 0) is 16.8 Å². The van der Waals surface area contributed by atoms with E-state index < -0.39 is 5.54 Å². The molecule has 0 aromatic heterocycles. The van der Waals surface area contributed by atoms with Gasteiger partial charge in [0.2, 0.25) is 5.91 Å². The van der Waals surface area contributed by atoms with Crippen molar-refractivity contribution in [2.45, 2.75) is 25.8 Å². The molecule has 15 heavy (non-hydrogen) atoms. The molecule has 1 atom stereocenters. The normalized spacial score (nSPS) is 14.6. The highest BCUT2D eigenvalue weighted by Gasteiger charge is 2.30. The maximum atomic E-state index is 11.4. The molecule has 3 nitrogen and oxygen atoms in total. The van der Waals surface area contributed by atoms with Crippen molar-refractivity contribution in [3.8, 4) is 0 Å². The number of likely N-dealkylation sites (N-methyl/N-ethyl adjacent to an activating group) is 1. The first kappa shape index (κ1) is 11.7. The van der Waals surface area contributed by atoms with Crippen LogP contribution in [0.15, 0.2) is 24.3 Å². The van der Waals surface area contributed by atoms with Crippen LogP contribution in [0.25, 0.3) is 0 Å². The lowest BCUT2D eigenvalue weighted by Gasteiger charge is -2.26. The van der Waals surface area contributed by atoms with Crippen LogP contribution in [0, 0.1) is 0 Å². The van der Waals surface area contributed by atoms with E-state index in [-0.39, 0.29) is 5.91 Å². The van der Waals surface area contributed by atoms with Crippen molar-refractivity contribution < 1.29 is 4.79 Å². The second-order valence-corrected chi connectivity index (χ2v) is 3.79. The summed E-state index contributed by atoms with van der Waals surface area (Å²) in [5, 5.41) is 2.96. The molecule has 0 saturated heterocycles. The third kappa shape index (κ3) is 2.18. The molecule has 1 unspecified atom stereocenters. The number of nitrogens with one attached hydrogen (secondary N) is 1. The zero-order valence-electron chi connectivity index (χ0n) is 9.50. The van der Waals surface area contributed by atoms with Gasteiger partial charge in [-0.05, 0) is 31.5 Å². The lowest BCUT2D eigenvalue weighted by molar-refractivity contribution is -0.123. The van der Waals surface area contributed by atoms with Gasteiger partial charge in [-0.2, -0.15) is 0 Å². The van der Waals surface area contributed by atoms with Crippen molar-refractivity contribution in [2.75, 3.05) is 7.05 Å². The van der Waals surface area contributed by atoms with Crippen molar-refractivity contribution in [2.24, 2.45) is 5.73 Å². The van der Waals surface area contributed by atoms with Crippen LogP contribution >= 0.6 is 0 Å². The number of aryl methyl sites for hydroxylation is 1. The molecule has 82 valence electrons. The minimum atomic E-state index is -0.785. The molecule has 0 heterocycles. The van der Waals surface area contributed by atoms with E-state index in [0.29, 0.717) is 0 Å². The molecular formula is C12H18N2O. The number of hydrogen-bond acceptors (Lipinski definition) is 2. The Morgan fingerprint density at radius 1 is 1.40 bits per heavy atom. The van der Waals surface area contributed by atoms with Crippen LogP contribution in [0.5, 0.6) is 0 Å². The molecular weight excluding hydrogens is 188 g/mol. The van der Waals surface area contributed by atoms with E-state index in [4.69, 9.17) is 5.73 Å². The minimum Gasteiger partial charge on any atom is -0.368 e. The number of carbonyl (C=O) groups is 1. The molecule has 3 N–H and O–H groups in total. The van der Waals surface area contributed by atoms with Crippen LogP contribution in [-0.4, -0.2) is 13.0 Å². The molecule has 0 spiro atoms. The number of hydrogen-bond donors (Lipinski definition) is 2. The monoisotopic (exact) mass is 206 g/mol. The van der Waals surface area contributed by atoms with Crippen molar-refractivity contribution in [3.05, 3.63) is 35.4 Å². The molecule has 0 aliphatic heterocycles. The topological polar surface area (TPSA) is 55.1 Å². The van der Waals surface area contributed by atoms with Crippen LogP contribution in [0.2, 0.25) is 0 Å². The van der Waals surface area contributed by atoms with Gasteiger partial charge in [0, 0.05) is 0 Å². The van der Waals surface area contributed by atoms with Gasteiger partial charge in [-0.25, -0.2) is 0 Å². The number of amides is 1. The summed E-state index contributed by atoms with van der Waals surface area (Å²) in [5.74, 6) is -0.366. The number of benzene rings is 1. The summed E-state index contributed by atoms with van der Waals surface area (Å²) in [7, 11) is 1.73. The largest absolute Gasteiger partial charge is 0.368 e. The molecule has 0 fully saturated rings. The quantitative estimate of drug-likeness (QED) is 0.777. The molecule has 1 rings (SSSR count). The predicted molar refractivity (Wildman–Crippen MR) is 61.4 cm³/mol. The highest BCUT2D eigenvalue weighted by atomic mass is 16.1.